The first-order chi connectivity index (χ1) is 11.5. The van der Waals surface area contributed by atoms with Crippen LogP contribution in [0.3, 0.4) is 0 Å². The highest BCUT2D eigenvalue weighted by molar-refractivity contribution is 5.82. The number of aromatic nitrogens is 4. The van der Waals surface area contributed by atoms with Gasteiger partial charge in [-0.25, -0.2) is 15.0 Å². The molecule has 0 aromatic carbocycles. The van der Waals surface area contributed by atoms with Crippen molar-refractivity contribution in [3.05, 3.63) is 24.8 Å². The zero-order valence-corrected chi connectivity index (χ0v) is 13.3. The maximum Gasteiger partial charge on any atom is 0.167 e. The fraction of sp³-hybridized carbons (Fsp3) is 0.533. The Kier molecular flexibility index (Phi) is 4.76. The van der Waals surface area contributed by atoms with Crippen LogP contribution in [0.2, 0.25) is 0 Å². The van der Waals surface area contributed by atoms with Crippen LogP contribution in [-0.4, -0.2) is 66.3 Å². The van der Waals surface area contributed by atoms with Gasteiger partial charge in [0, 0.05) is 6.54 Å². The number of nitrogens with zero attached hydrogens (tertiary/aromatic N) is 4. The first kappa shape index (κ1) is 16.8. The van der Waals surface area contributed by atoms with Gasteiger partial charge in [0.2, 0.25) is 0 Å². The highest BCUT2D eigenvalue weighted by Crippen LogP contribution is 2.32. The molecule has 1 fully saturated rings. The first-order valence-corrected chi connectivity index (χ1v) is 7.71. The molecule has 4 unspecified atom stereocenters. The molecule has 1 aliphatic heterocycles. The Hall–Kier alpha value is -2.07. The summed E-state index contributed by atoms with van der Waals surface area (Å²) in [6.45, 7) is 6.09. The van der Waals surface area contributed by atoms with Gasteiger partial charge < -0.3 is 25.4 Å². The Morgan fingerprint density at radius 3 is 2.79 bits per heavy atom. The number of imidazole rings is 1. The molecule has 4 N–H and O–H groups in total. The number of fused-ring (bicyclic) bond motifs is 1. The standard InChI is InChI=1S/C15H21N5O4/c1-8(2)3-4-16-13-10-14(18-6-17-13)20(7-19-10)15-12(23)11(22)9(5-21)24-15/h6-7,9,11-12,15,21-23H,1,3-5H2,2H3,(H,16,17,18). The first-order valence-electron chi connectivity index (χ1n) is 7.71. The van der Waals surface area contributed by atoms with Gasteiger partial charge in [0.1, 0.15) is 24.6 Å². The van der Waals surface area contributed by atoms with Crippen molar-refractivity contribution in [1.29, 1.82) is 0 Å². The number of anilines is 1. The molecule has 0 radical (unpaired) electrons. The van der Waals surface area contributed by atoms with Crippen LogP contribution < -0.4 is 5.32 Å². The lowest BCUT2D eigenvalue weighted by Gasteiger charge is -2.16. The Morgan fingerprint density at radius 1 is 1.33 bits per heavy atom. The van der Waals surface area contributed by atoms with Crippen molar-refractivity contribution < 1.29 is 20.1 Å². The summed E-state index contributed by atoms with van der Waals surface area (Å²) in [5.74, 6) is 0.576. The maximum atomic E-state index is 10.2. The van der Waals surface area contributed by atoms with Gasteiger partial charge in [-0.15, -0.1) is 6.58 Å². The number of nitrogens with one attached hydrogen (secondary N) is 1. The average molecular weight is 335 g/mol. The van der Waals surface area contributed by atoms with E-state index in [1.807, 2.05) is 6.92 Å². The summed E-state index contributed by atoms with van der Waals surface area (Å²) in [7, 11) is 0. The smallest absolute Gasteiger partial charge is 0.167 e. The normalized spacial score (nSPS) is 26.8. The highest BCUT2D eigenvalue weighted by atomic mass is 16.6. The number of ether oxygens (including phenoxy) is 1. The van der Waals surface area contributed by atoms with Crippen molar-refractivity contribution in [2.45, 2.75) is 37.9 Å². The number of hydrogen-bond acceptors (Lipinski definition) is 8. The molecule has 1 aliphatic rings. The summed E-state index contributed by atoms with van der Waals surface area (Å²) in [6, 6.07) is 0. The molecule has 9 nitrogen and oxygen atoms in total. The lowest BCUT2D eigenvalue weighted by Crippen LogP contribution is -2.33. The van der Waals surface area contributed by atoms with E-state index in [2.05, 4.69) is 26.8 Å². The van der Waals surface area contributed by atoms with E-state index in [9.17, 15) is 15.3 Å². The van der Waals surface area contributed by atoms with Crippen LogP contribution in [0.4, 0.5) is 5.82 Å². The second-order valence-electron chi connectivity index (χ2n) is 5.91. The van der Waals surface area contributed by atoms with Crippen LogP contribution in [0.1, 0.15) is 19.6 Å². The molecule has 2 aromatic rings. The molecule has 1 saturated heterocycles. The quantitative estimate of drug-likeness (QED) is 0.536. The summed E-state index contributed by atoms with van der Waals surface area (Å²) < 4.78 is 7.05. The zero-order chi connectivity index (χ0) is 17.3. The van der Waals surface area contributed by atoms with Crippen LogP contribution in [0.15, 0.2) is 24.8 Å². The van der Waals surface area contributed by atoms with E-state index in [0.717, 1.165) is 12.0 Å². The summed E-state index contributed by atoms with van der Waals surface area (Å²) in [4.78, 5) is 12.7. The van der Waals surface area contributed by atoms with E-state index >= 15 is 0 Å². The summed E-state index contributed by atoms with van der Waals surface area (Å²) in [6.07, 6.45) is -0.408. The van der Waals surface area contributed by atoms with Crippen LogP contribution >= 0.6 is 0 Å². The molecule has 4 atom stereocenters. The molecule has 2 aromatic heterocycles. The molecule has 3 heterocycles. The highest BCUT2D eigenvalue weighted by Gasteiger charge is 2.44. The minimum atomic E-state index is -1.19. The minimum absolute atomic E-state index is 0.385. The van der Waals surface area contributed by atoms with Crippen molar-refractivity contribution in [2.24, 2.45) is 0 Å². The molecule has 24 heavy (non-hydrogen) atoms. The van der Waals surface area contributed by atoms with E-state index in [0.29, 0.717) is 23.5 Å². The largest absolute Gasteiger partial charge is 0.394 e. The van der Waals surface area contributed by atoms with E-state index in [1.54, 1.807) is 0 Å². The number of rotatable bonds is 6. The second-order valence-corrected chi connectivity index (χ2v) is 5.91. The average Bonchev–Trinajstić information content (AvgIpc) is 3.10. The van der Waals surface area contributed by atoms with Gasteiger partial charge in [0.15, 0.2) is 23.2 Å². The monoisotopic (exact) mass is 335 g/mol. The van der Waals surface area contributed by atoms with Crippen molar-refractivity contribution >= 4 is 17.0 Å². The predicted molar refractivity (Wildman–Crippen MR) is 86.3 cm³/mol. The summed E-state index contributed by atoms with van der Waals surface area (Å²) in [5.41, 5.74) is 2.07. The van der Waals surface area contributed by atoms with E-state index < -0.39 is 24.5 Å². The van der Waals surface area contributed by atoms with E-state index in [-0.39, 0.29) is 6.61 Å². The lowest BCUT2D eigenvalue weighted by atomic mass is 10.1. The van der Waals surface area contributed by atoms with E-state index in [4.69, 9.17) is 4.74 Å². The Bertz CT molecular complexity index is 734. The Morgan fingerprint density at radius 2 is 2.12 bits per heavy atom. The number of hydrogen-bond donors (Lipinski definition) is 4. The van der Waals surface area contributed by atoms with Gasteiger partial charge in [0.25, 0.3) is 0 Å². The molecule has 0 amide bonds. The molecule has 0 bridgehead atoms. The van der Waals surface area contributed by atoms with Crippen LogP contribution in [0.25, 0.3) is 11.2 Å². The van der Waals surface area contributed by atoms with Crippen molar-refractivity contribution in [3.63, 3.8) is 0 Å². The van der Waals surface area contributed by atoms with Gasteiger partial charge in [0.05, 0.1) is 12.9 Å². The maximum absolute atomic E-state index is 10.2. The summed E-state index contributed by atoms with van der Waals surface area (Å²) in [5, 5.41) is 32.4. The second kappa shape index (κ2) is 6.81. The van der Waals surface area contributed by atoms with E-state index in [1.165, 1.54) is 17.2 Å². The third kappa shape index (κ3) is 2.98. The number of aliphatic hydroxyl groups is 3. The molecular formula is C15H21N5O4. The van der Waals surface area contributed by atoms with Crippen molar-refractivity contribution in [3.8, 4) is 0 Å². The fourth-order valence-electron chi connectivity index (χ4n) is 2.67. The van der Waals surface area contributed by atoms with Gasteiger partial charge in [-0.1, -0.05) is 5.57 Å². The van der Waals surface area contributed by atoms with Crippen molar-refractivity contribution in [2.75, 3.05) is 18.5 Å². The summed E-state index contributed by atoms with van der Waals surface area (Å²) >= 11 is 0. The lowest BCUT2D eigenvalue weighted by molar-refractivity contribution is -0.0511. The third-order valence-corrected chi connectivity index (χ3v) is 3.99. The van der Waals surface area contributed by atoms with Crippen LogP contribution in [-0.2, 0) is 4.74 Å². The SMILES string of the molecule is C=C(C)CCNc1ncnc2c1ncn2C1OC(CO)C(O)C1O. The molecule has 0 aliphatic carbocycles. The zero-order valence-electron chi connectivity index (χ0n) is 13.3. The molecule has 3 rings (SSSR count). The van der Waals surface area contributed by atoms with Gasteiger partial charge >= 0.3 is 0 Å². The molecule has 0 spiro atoms. The minimum Gasteiger partial charge on any atom is -0.394 e. The Balaban J connectivity index is 1.87. The van der Waals surface area contributed by atoms with Gasteiger partial charge in [-0.3, -0.25) is 4.57 Å². The van der Waals surface area contributed by atoms with Gasteiger partial charge in [-0.2, -0.15) is 0 Å². The van der Waals surface area contributed by atoms with Crippen LogP contribution in [0.5, 0.6) is 0 Å². The van der Waals surface area contributed by atoms with Crippen molar-refractivity contribution in [1.82, 2.24) is 19.5 Å². The topological polar surface area (TPSA) is 126 Å². The molecular weight excluding hydrogens is 314 g/mol. The number of aliphatic hydroxyl groups excluding tert-OH is 3. The Labute approximate surface area is 138 Å². The molecule has 9 heteroatoms. The predicted octanol–water partition coefficient (Wildman–Crippen LogP) is -0.184. The van der Waals surface area contributed by atoms with Crippen LogP contribution in [0, 0.1) is 0 Å². The van der Waals surface area contributed by atoms with Gasteiger partial charge in [-0.05, 0) is 13.3 Å². The molecule has 0 saturated carbocycles. The molecule has 130 valence electrons. The third-order valence-electron chi connectivity index (χ3n) is 3.99. The fourth-order valence-corrected chi connectivity index (χ4v) is 2.67.